The Hall–Kier alpha value is -1.86. The molecule has 24 heavy (non-hydrogen) atoms. The first-order chi connectivity index (χ1) is 11.5. The van der Waals surface area contributed by atoms with E-state index in [1.807, 2.05) is 43.3 Å². The molecule has 2 rings (SSSR count). The van der Waals surface area contributed by atoms with Gasteiger partial charge in [-0.15, -0.1) is 0 Å². The van der Waals surface area contributed by atoms with Crippen LogP contribution in [0.1, 0.15) is 12.5 Å². The van der Waals surface area contributed by atoms with Crippen molar-refractivity contribution in [2.24, 2.45) is 5.10 Å². The number of hydrogen-bond donors (Lipinski definition) is 1. The fourth-order valence-electron chi connectivity index (χ4n) is 1.81. The lowest BCUT2D eigenvalue weighted by molar-refractivity contribution is -0.123. The average molecular weight is 456 g/mol. The summed E-state index contributed by atoms with van der Waals surface area (Å²) in [6, 6.07) is 12.9. The lowest BCUT2D eigenvalue weighted by Crippen LogP contribution is -2.25. The van der Waals surface area contributed by atoms with Crippen molar-refractivity contribution in [2.45, 2.75) is 6.92 Å². The smallest absolute Gasteiger partial charge is 0.277 e. The number of ether oxygens (including phenoxy) is 2. The molecular formula is C17H16Br2N2O3. The summed E-state index contributed by atoms with van der Waals surface area (Å²) in [5, 5.41) is 4.08. The molecule has 0 saturated heterocycles. The number of amides is 1. The molecule has 0 fully saturated rings. The van der Waals surface area contributed by atoms with E-state index in [1.165, 1.54) is 0 Å². The molecule has 0 aliphatic rings. The normalized spacial score (nSPS) is 11.1. The predicted octanol–water partition coefficient (Wildman–Crippen LogP) is 4.14. The first-order valence-electron chi connectivity index (χ1n) is 7.05. The Morgan fingerprint density at radius 3 is 2.50 bits per heavy atom. The highest BCUT2D eigenvalue weighted by Gasteiger charge is 2.06. The Balaban J connectivity index is 1.89. The number of benzene rings is 2. The molecule has 0 heterocycles. The Kier molecular flexibility index (Phi) is 6.81. The molecule has 0 spiro atoms. The minimum absolute atomic E-state index is 0.125. The van der Waals surface area contributed by atoms with Crippen molar-refractivity contribution in [3.8, 4) is 11.5 Å². The number of methoxy groups -OCH3 is 1. The maximum atomic E-state index is 11.8. The summed E-state index contributed by atoms with van der Waals surface area (Å²) in [5.41, 5.74) is 4.07. The number of halogens is 2. The first kappa shape index (κ1) is 18.5. The van der Waals surface area contributed by atoms with Gasteiger partial charge in [-0.05, 0) is 70.9 Å². The van der Waals surface area contributed by atoms with Crippen molar-refractivity contribution in [3.05, 3.63) is 57.0 Å². The van der Waals surface area contributed by atoms with Crippen LogP contribution in [0.15, 0.2) is 56.5 Å². The summed E-state index contributed by atoms with van der Waals surface area (Å²) in [7, 11) is 1.61. The van der Waals surface area contributed by atoms with Crippen LogP contribution in [-0.4, -0.2) is 25.3 Å². The summed E-state index contributed by atoms with van der Waals surface area (Å²) in [4.78, 5) is 11.8. The van der Waals surface area contributed by atoms with Crippen molar-refractivity contribution in [1.29, 1.82) is 0 Å². The molecule has 0 saturated carbocycles. The molecule has 2 aromatic rings. The zero-order valence-corrected chi connectivity index (χ0v) is 16.3. The lowest BCUT2D eigenvalue weighted by atomic mass is 10.1. The zero-order chi connectivity index (χ0) is 17.5. The minimum Gasteiger partial charge on any atom is -0.497 e. The van der Waals surface area contributed by atoms with E-state index in [0.717, 1.165) is 20.3 Å². The average Bonchev–Trinajstić information content (AvgIpc) is 2.59. The first-order valence-corrected chi connectivity index (χ1v) is 8.63. The molecule has 7 heteroatoms. The van der Waals surface area contributed by atoms with Crippen LogP contribution < -0.4 is 14.9 Å². The van der Waals surface area contributed by atoms with Gasteiger partial charge in [-0.2, -0.15) is 5.10 Å². The Bertz CT molecular complexity index is 746. The molecule has 1 amide bonds. The number of carbonyl (C=O) groups is 1. The van der Waals surface area contributed by atoms with Gasteiger partial charge in [-0.1, -0.05) is 15.9 Å². The SMILES string of the molecule is COc1ccc(/C(C)=N/NC(=O)COc2ccc(Br)cc2Br)cc1. The van der Waals surface area contributed by atoms with E-state index in [-0.39, 0.29) is 12.5 Å². The van der Waals surface area contributed by atoms with Crippen molar-refractivity contribution in [1.82, 2.24) is 5.43 Å². The number of hydrogen-bond acceptors (Lipinski definition) is 4. The standard InChI is InChI=1S/C17H16Br2N2O3/c1-11(12-3-6-14(23-2)7-4-12)20-21-17(22)10-24-16-8-5-13(18)9-15(16)19/h3-9H,10H2,1-2H3,(H,21,22)/b20-11+. The maximum absolute atomic E-state index is 11.8. The van der Waals surface area contributed by atoms with Gasteiger partial charge in [0.1, 0.15) is 11.5 Å². The lowest BCUT2D eigenvalue weighted by Gasteiger charge is -2.08. The van der Waals surface area contributed by atoms with E-state index in [0.29, 0.717) is 11.5 Å². The molecule has 0 atom stereocenters. The molecule has 0 aromatic heterocycles. The third-order valence-electron chi connectivity index (χ3n) is 3.11. The number of nitrogens with zero attached hydrogens (tertiary/aromatic N) is 1. The largest absolute Gasteiger partial charge is 0.497 e. The highest BCUT2D eigenvalue weighted by Crippen LogP contribution is 2.28. The van der Waals surface area contributed by atoms with Crippen LogP contribution in [0.2, 0.25) is 0 Å². The van der Waals surface area contributed by atoms with Crippen LogP contribution in [0.4, 0.5) is 0 Å². The Labute approximate surface area is 157 Å². The second-order valence-electron chi connectivity index (χ2n) is 4.82. The van der Waals surface area contributed by atoms with Crippen molar-refractivity contribution < 1.29 is 14.3 Å². The van der Waals surface area contributed by atoms with Crippen molar-refractivity contribution in [2.75, 3.05) is 13.7 Å². The van der Waals surface area contributed by atoms with Gasteiger partial charge >= 0.3 is 0 Å². The third-order valence-corrected chi connectivity index (χ3v) is 4.22. The summed E-state index contributed by atoms with van der Waals surface area (Å²) >= 11 is 6.74. The molecule has 5 nitrogen and oxygen atoms in total. The van der Waals surface area contributed by atoms with Gasteiger partial charge in [0, 0.05) is 4.47 Å². The highest BCUT2D eigenvalue weighted by atomic mass is 79.9. The molecule has 0 aliphatic heterocycles. The quantitative estimate of drug-likeness (QED) is 0.526. The van der Waals surface area contributed by atoms with E-state index >= 15 is 0 Å². The third kappa shape index (κ3) is 5.35. The van der Waals surface area contributed by atoms with E-state index in [1.54, 1.807) is 13.2 Å². The molecule has 0 aliphatic carbocycles. The topological polar surface area (TPSA) is 59.9 Å². The van der Waals surface area contributed by atoms with Crippen LogP contribution in [0.25, 0.3) is 0 Å². The fraction of sp³-hybridized carbons (Fsp3) is 0.176. The van der Waals surface area contributed by atoms with Crippen LogP contribution in [-0.2, 0) is 4.79 Å². The molecule has 1 N–H and O–H groups in total. The zero-order valence-electron chi connectivity index (χ0n) is 13.2. The highest BCUT2D eigenvalue weighted by molar-refractivity contribution is 9.11. The van der Waals surface area contributed by atoms with E-state index in [2.05, 4.69) is 42.4 Å². The second kappa shape index (κ2) is 8.84. The number of hydrazone groups is 1. The maximum Gasteiger partial charge on any atom is 0.277 e. The van der Waals surface area contributed by atoms with Gasteiger partial charge in [-0.3, -0.25) is 4.79 Å². The van der Waals surface area contributed by atoms with E-state index in [4.69, 9.17) is 9.47 Å². The van der Waals surface area contributed by atoms with Crippen molar-refractivity contribution >= 4 is 43.5 Å². The molecule has 126 valence electrons. The van der Waals surface area contributed by atoms with Crippen LogP contribution >= 0.6 is 31.9 Å². The molecule has 2 aromatic carbocycles. The minimum atomic E-state index is -0.335. The molecular weight excluding hydrogens is 440 g/mol. The predicted molar refractivity (Wildman–Crippen MR) is 101 cm³/mol. The van der Waals surface area contributed by atoms with Crippen LogP contribution in [0, 0.1) is 0 Å². The molecule has 0 radical (unpaired) electrons. The van der Waals surface area contributed by atoms with Crippen molar-refractivity contribution in [3.63, 3.8) is 0 Å². The fourth-order valence-corrected chi connectivity index (χ4v) is 2.97. The Morgan fingerprint density at radius 2 is 1.88 bits per heavy atom. The Morgan fingerprint density at radius 1 is 1.17 bits per heavy atom. The van der Waals surface area contributed by atoms with Crippen LogP contribution in [0.5, 0.6) is 11.5 Å². The number of carbonyl (C=O) groups excluding carboxylic acids is 1. The van der Waals surface area contributed by atoms with Gasteiger partial charge in [0.05, 0.1) is 17.3 Å². The van der Waals surface area contributed by atoms with Crippen LogP contribution in [0.3, 0.4) is 0 Å². The summed E-state index contributed by atoms with van der Waals surface area (Å²) in [5.74, 6) is 1.02. The van der Waals surface area contributed by atoms with E-state index < -0.39 is 0 Å². The van der Waals surface area contributed by atoms with Gasteiger partial charge < -0.3 is 9.47 Å². The van der Waals surface area contributed by atoms with Gasteiger partial charge in [0.2, 0.25) is 0 Å². The van der Waals surface area contributed by atoms with Gasteiger partial charge in [0.25, 0.3) is 5.91 Å². The van der Waals surface area contributed by atoms with Gasteiger partial charge in [0.15, 0.2) is 6.61 Å². The number of nitrogens with one attached hydrogen (secondary N) is 1. The summed E-state index contributed by atoms with van der Waals surface area (Å²) < 4.78 is 12.2. The monoisotopic (exact) mass is 454 g/mol. The van der Waals surface area contributed by atoms with Gasteiger partial charge in [-0.25, -0.2) is 5.43 Å². The number of rotatable bonds is 6. The molecule has 0 bridgehead atoms. The molecule has 0 unspecified atom stereocenters. The van der Waals surface area contributed by atoms with E-state index in [9.17, 15) is 4.79 Å². The second-order valence-corrected chi connectivity index (χ2v) is 6.59. The summed E-state index contributed by atoms with van der Waals surface area (Å²) in [6.07, 6.45) is 0. The summed E-state index contributed by atoms with van der Waals surface area (Å²) in [6.45, 7) is 1.69.